The number of hydrogen-bond donors (Lipinski definition) is 1. The number of rotatable bonds is 2. The summed E-state index contributed by atoms with van der Waals surface area (Å²) in [6, 6.07) is 2.08. The number of carboxylic acid groups (broad SMARTS) is 1. The third-order valence-electron chi connectivity index (χ3n) is 3.50. The van der Waals surface area contributed by atoms with Crippen molar-refractivity contribution >= 4 is 27.8 Å². The Morgan fingerprint density at radius 2 is 2.21 bits per heavy atom. The summed E-state index contributed by atoms with van der Waals surface area (Å²) in [5, 5.41) is 9.07. The summed E-state index contributed by atoms with van der Waals surface area (Å²) in [7, 11) is 2.00. The molecular weight excluding hydrogens is 310 g/mol. The molecular formula is C13H18BrN3O2. The maximum Gasteiger partial charge on any atom is 0.407 e. The Labute approximate surface area is 121 Å². The topological polar surface area (TPSA) is 56.7 Å². The van der Waals surface area contributed by atoms with Crippen molar-refractivity contribution in [2.24, 2.45) is 0 Å². The molecule has 6 heteroatoms. The lowest BCUT2D eigenvalue weighted by atomic mass is 10.1. The van der Waals surface area contributed by atoms with Crippen LogP contribution in [0.3, 0.4) is 0 Å². The SMILES string of the molecule is CCN(C)c1nc2c(cc1Br)CCN(C(=O)O)CC2. The molecule has 0 spiro atoms. The Morgan fingerprint density at radius 1 is 1.53 bits per heavy atom. The Kier molecular flexibility index (Phi) is 4.29. The number of fused-ring (bicyclic) bond motifs is 1. The van der Waals surface area contributed by atoms with Crippen molar-refractivity contribution in [2.75, 3.05) is 31.6 Å². The molecule has 2 rings (SSSR count). The van der Waals surface area contributed by atoms with E-state index in [4.69, 9.17) is 10.1 Å². The highest BCUT2D eigenvalue weighted by atomic mass is 79.9. The van der Waals surface area contributed by atoms with E-state index >= 15 is 0 Å². The van der Waals surface area contributed by atoms with Crippen molar-refractivity contribution in [3.8, 4) is 0 Å². The molecule has 2 heterocycles. The Bertz CT molecular complexity index is 493. The van der Waals surface area contributed by atoms with Gasteiger partial charge in [0, 0.05) is 38.8 Å². The molecule has 0 aromatic carbocycles. The number of carbonyl (C=O) groups is 1. The van der Waals surface area contributed by atoms with Crippen LogP contribution in [0.1, 0.15) is 18.2 Å². The van der Waals surface area contributed by atoms with Crippen LogP contribution in [0.4, 0.5) is 10.6 Å². The number of aromatic nitrogens is 1. The lowest BCUT2D eigenvalue weighted by Gasteiger charge is -2.19. The summed E-state index contributed by atoms with van der Waals surface area (Å²) >= 11 is 3.55. The Morgan fingerprint density at radius 3 is 2.84 bits per heavy atom. The molecule has 104 valence electrons. The van der Waals surface area contributed by atoms with Gasteiger partial charge in [-0.3, -0.25) is 0 Å². The first-order valence-electron chi connectivity index (χ1n) is 6.40. The largest absolute Gasteiger partial charge is 0.465 e. The zero-order valence-corrected chi connectivity index (χ0v) is 12.8. The second-order valence-corrected chi connectivity index (χ2v) is 5.54. The minimum Gasteiger partial charge on any atom is -0.465 e. The number of nitrogens with zero attached hydrogens (tertiary/aromatic N) is 3. The van der Waals surface area contributed by atoms with Gasteiger partial charge in [0.25, 0.3) is 0 Å². The van der Waals surface area contributed by atoms with Crippen molar-refractivity contribution in [1.29, 1.82) is 0 Å². The van der Waals surface area contributed by atoms with E-state index in [0.717, 1.165) is 34.5 Å². The second kappa shape index (κ2) is 5.77. The molecule has 1 aromatic rings. The summed E-state index contributed by atoms with van der Waals surface area (Å²) in [4.78, 5) is 19.3. The highest BCUT2D eigenvalue weighted by Crippen LogP contribution is 2.27. The first-order valence-corrected chi connectivity index (χ1v) is 7.19. The number of anilines is 1. The van der Waals surface area contributed by atoms with E-state index in [1.54, 1.807) is 0 Å². The molecule has 0 radical (unpaired) electrons. The number of pyridine rings is 1. The number of halogens is 1. The van der Waals surface area contributed by atoms with Gasteiger partial charge in [-0.15, -0.1) is 0 Å². The smallest absolute Gasteiger partial charge is 0.407 e. The highest BCUT2D eigenvalue weighted by molar-refractivity contribution is 9.10. The average Bonchev–Trinajstić information content (AvgIpc) is 2.59. The fraction of sp³-hybridized carbons (Fsp3) is 0.538. The van der Waals surface area contributed by atoms with E-state index in [9.17, 15) is 4.79 Å². The summed E-state index contributed by atoms with van der Waals surface area (Å²) in [6.07, 6.45) is 0.556. The van der Waals surface area contributed by atoms with Gasteiger partial charge in [0.05, 0.1) is 4.47 Å². The summed E-state index contributed by atoms with van der Waals surface area (Å²) in [5.41, 5.74) is 2.16. The number of amides is 1. The van der Waals surface area contributed by atoms with Crippen LogP contribution in [0.2, 0.25) is 0 Å². The normalized spacial score (nSPS) is 14.8. The summed E-state index contributed by atoms with van der Waals surface area (Å²) in [5.74, 6) is 0.921. The van der Waals surface area contributed by atoms with Crippen molar-refractivity contribution in [2.45, 2.75) is 19.8 Å². The lowest BCUT2D eigenvalue weighted by Crippen LogP contribution is -2.31. The fourth-order valence-corrected chi connectivity index (χ4v) is 2.87. The van der Waals surface area contributed by atoms with Gasteiger partial charge in [-0.2, -0.15) is 0 Å². The fourth-order valence-electron chi connectivity index (χ4n) is 2.20. The minimum absolute atomic E-state index is 0.520. The number of hydrogen-bond acceptors (Lipinski definition) is 3. The van der Waals surface area contributed by atoms with E-state index in [0.29, 0.717) is 19.5 Å². The second-order valence-electron chi connectivity index (χ2n) is 4.68. The van der Waals surface area contributed by atoms with Crippen LogP contribution in [0.25, 0.3) is 0 Å². The minimum atomic E-state index is -0.849. The molecule has 0 saturated carbocycles. The maximum absolute atomic E-state index is 11.0. The standard InChI is InChI=1S/C13H18BrN3O2/c1-3-16(2)12-10(14)8-9-4-6-17(13(18)19)7-5-11(9)15-12/h8H,3-7H2,1-2H3,(H,18,19). The average molecular weight is 328 g/mol. The van der Waals surface area contributed by atoms with Gasteiger partial charge < -0.3 is 14.9 Å². The first kappa shape index (κ1) is 14.1. The molecule has 0 unspecified atom stereocenters. The third-order valence-corrected chi connectivity index (χ3v) is 4.09. The van der Waals surface area contributed by atoms with Gasteiger partial charge in [-0.1, -0.05) is 0 Å². The monoisotopic (exact) mass is 327 g/mol. The van der Waals surface area contributed by atoms with E-state index in [2.05, 4.69) is 33.8 Å². The predicted octanol–water partition coefficient (Wildman–Crippen LogP) is 2.38. The highest BCUT2D eigenvalue weighted by Gasteiger charge is 2.20. The van der Waals surface area contributed by atoms with Crippen molar-refractivity contribution in [1.82, 2.24) is 9.88 Å². The van der Waals surface area contributed by atoms with Crippen LogP contribution in [0.5, 0.6) is 0 Å². The Hall–Kier alpha value is -1.30. The van der Waals surface area contributed by atoms with Crippen LogP contribution in [-0.4, -0.2) is 47.8 Å². The maximum atomic E-state index is 11.0. The van der Waals surface area contributed by atoms with Crippen molar-refractivity contribution in [3.63, 3.8) is 0 Å². The van der Waals surface area contributed by atoms with E-state index < -0.39 is 6.09 Å². The molecule has 1 aromatic heterocycles. The van der Waals surface area contributed by atoms with Crippen molar-refractivity contribution in [3.05, 3.63) is 21.8 Å². The summed E-state index contributed by atoms with van der Waals surface area (Å²) in [6.45, 7) is 4.02. The van der Waals surface area contributed by atoms with Gasteiger partial charge in [0.1, 0.15) is 5.82 Å². The van der Waals surface area contributed by atoms with Crippen LogP contribution >= 0.6 is 15.9 Å². The summed E-state index contributed by atoms with van der Waals surface area (Å²) < 4.78 is 0.972. The molecule has 1 aliphatic rings. The lowest BCUT2D eigenvalue weighted by molar-refractivity contribution is 0.147. The van der Waals surface area contributed by atoms with Gasteiger partial charge in [0.15, 0.2) is 0 Å². The van der Waals surface area contributed by atoms with E-state index in [1.165, 1.54) is 4.90 Å². The molecule has 0 saturated heterocycles. The van der Waals surface area contributed by atoms with E-state index in [1.807, 2.05) is 7.05 Å². The van der Waals surface area contributed by atoms with Crippen LogP contribution in [0, 0.1) is 0 Å². The van der Waals surface area contributed by atoms with Gasteiger partial charge in [-0.25, -0.2) is 9.78 Å². The zero-order valence-electron chi connectivity index (χ0n) is 11.2. The first-order chi connectivity index (χ1) is 9.02. The zero-order chi connectivity index (χ0) is 14.0. The molecule has 5 nitrogen and oxygen atoms in total. The van der Waals surface area contributed by atoms with Gasteiger partial charge in [-0.05, 0) is 40.9 Å². The molecule has 0 aliphatic carbocycles. The van der Waals surface area contributed by atoms with Crippen LogP contribution in [-0.2, 0) is 12.8 Å². The predicted molar refractivity (Wildman–Crippen MR) is 77.9 cm³/mol. The molecule has 0 bridgehead atoms. The molecule has 0 atom stereocenters. The molecule has 19 heavy (non-hydrogen) atoms. The third kappa shape index (κ3) is 3.00. The van der Waals surface area contributed by atoms with Gasteiger partial charge in [0.2, 0.25) is 0 Å². The molecule has 1 aliphatic heterocycles. The molecule has 1 N–H and O–H groups in total. The van der Waals surface area contributed by atoms with Gasteiger partial charge >= 0.3 is 6.09 Å². The van der Waals surface area contributed by atoms with Crippen LogP contribution in [0.15, 0.2) is 10.5 Å². The van der Waals surface area contributed by atoms with Crippen LogP contribution < -0.4 is 4.90 Å². The Balaban J connectivity index is 2.30. The quantitative estimate of drug-likeness (QED) is 0.906. The van der Waals surface area contributed by atoms with Crippen molar-refractivity contribution < 1.29 is 9.90 Å². The molecule has 1 amide bonds. The molecule has 0 fully saturated rings. The van der Waals surface area contributed by atoms with E-state index in [-0.39, 0.29) is 0 Å².